The molecule has 1 amide bonds. The van der Waals surface area contributed by atoms with Crippen LogP contribution in [0.25, 0.3) is 43.6 Å². The predicted octanol–water partition coefficient (Wildman–Crippen LogP) is 8.82. The van der Waals surface area contributed by atoms with Gasteiger partial charge in [-0.05, 0) is 140 Å². The minimum absolute atomic E-state index is 0. The number of H-pyrrole nitrogens is 1. The molecule has 2 saturated heterocycles. The van der Waals surface area contributed by atoms with Crippen LogP contribution < -0.4 is 34.9 Å². The number of carbonyl (C=O) groups is 4. The summed E-state index contributed by atoms with van der Waals surface area (Å²) in [4.78, 5) is 57.6. The third kappa shape index (κ3) is 18.9. The SMILES string of the molecule is CC(=O)c1ccc2[nH]ccc2c1.CC(=O)c1ccc2c(ccn2C)c1.CI.Cn1ccc2cc(C(=O)N3CCN(CCc4ccccc4)CC3)ccc21.Cn1ccc2cc(C(=O)O)ccc21.[Na+].[OH-].c1ccc(CCN2CCNCC2)cc1. The Bertz CT molecular complexity index is 3510. The molecule has 0 bridgehead atoms. The molecular formula is C66H76IN8NaO6. The summed E-state index contributed by atoms with van der Waals surface area (Å²) in [5, 5.41) is 16.4. The number of Topliss-reactive ketones (excluding diaryl/α,β-unsaturated/α-hetero) is 2. The maximum atomic E-state index is 12.8. The Kier molecular flexibility index (Phi) is 27.0. The Morgan fingerprint density at radius 3 is 1.35 bits per heavy atom. The van der Waals surface area contributed by atoms with Gasteiger partial charge in [-0.2, -0.15) is 0 Å². The summed E-state index contributed by atoms with van der Waals surface area (Å²) in [5.74, 6) is -0.506. The Hall–Kier alpha value is -6.67. The van der Waals surface area contributed by atoms with Gasteiger partial charge in [0, 0.05) is 172 Å². The molecule has 2 fully saturated rings. The molecule has 10 aromatic rings. The van der Waals surface area contributed by atoms with Gasteiger partial charge in [-0.3, -0.25) is 19.3 Å². The molecule has 16 heteroatoms. The molecule has 6 aromatic carbocycles. The van der Waals surface area contributed by atoms with E-state index in [4.69, 9.17) is 5.11 Å². The fourth-order valence-corrected chi connectivity index (χ4v) is 9.76. The van der Waals surface area contributed by atoms with Gasteiger partial charge in [0.2, 0.25) is 0 Å². The van der Waals surface area contributed by atoms with E-state index in [-0.39, 0.29) is 52.5 Å². The molecule has 2 aliphatic heterocycles. The number of aryl methyl sites for hydroxylation is 3. The van der Waals surface area contributed by atoms with Gasteiger partial charge < -0.3 is 44.4 Å². The molecule has 0 unspecified atom stereocenters. The number of hydrogen-bond acceptors (Lipinski definition) is 8. The molecule has 424 valence electrons. The minimum atomic E-state index is -0.884. The first-order chi connectivity index (χ1) is 38.8. The molecular weight excluding hydrogens is 1150 g/mol. The number of piperazine rings is 2. The summed E-state index contributed by atoms with van der Waals surface area (Å²) in [6.45, 7) is 13.6. The summed E-state index contributed by atoms with van der Waals surface area (Å²) < 4.78 is 6.08. The molecule has 4 N–H and O–H groups in total. The van der Waals surface area contributed by atoms with Crippen LogP contribution in [0.1, 0.15) is 66.4 Å². The van der Waals surface area contributed by atoms with Crippen LogP contribution in [0.15, 0.2) is 183 Å². The summed E-state index contributed by atoms with van der Waals surface area (Å²) >= 11 is 2.15. The van der Waals surface area contributed by atoms with Crippen molar-refractivity contribution in [3.8, 4) is 0 Å². The van der Waals surface area contributed by atoms with Crippen molar-refractivity contribution in [2.24, 2.45) is 21.1 Å². The van der Waals surface area contributed by atoms with E-state index >= 15 is 0 Å². The molecule has 0 atom stereocenters. The first-order valence-electron chi connectivity index (χ1n) is 27.2. The summed E-state index contributed by atoms with van der Waals surface area (Å²) in [6.07, 6.45) is 10.1. The number of aromatic nitrogens is 4. The van der Waals surface area contributed by atoms with Gasteiger partial charge >= 0.3 is 35.5 Å². The Morgan fingerprint density at radius 2 is 0.890 bits per heavy atom. The van der Waals surface area contributed by atoms with Crippen LogP contribution in [0.3, 0.4) is 0 Å². The van der Waals surface area contributed by atoms with Crippen molar-refractivity contribution in [3.63, 3.8) is 0 Å². The number of nitrogens with zero attached hydrogens (tertiary/aromatic N) is 6. The van der Waals surface area contributed by atoms with Crippen LogP contribution in [0.4, 0.5) is 0 Å². The number of alkyl halides is 1. The number of carbonyl (C=O) groups excluding carboxylic acids is 3. The molecule has 0 saturated carbocycles. The predicted molar refractivity (Wildman–Crippen MR) is 338 cm³/mol. The molecule has 2 aliphatic rings. The second-order valence-corrected chi connectivity index (χ2v) is 20.0. The second-order valence-electron chi connectivity index (χ2n) is 20.0. The average molecular weight is 1230 g/mol. The standard InChI is InChI=1S/C22H25N3O.C12H18N2.C11H11NO.C10H9NO2.C10H9NO.CH3I.Na.H2O/c1-23-11-10-19-17-20(7-8-21(19)23)22(26)25-15-13-24(14-16-25)12-9-18-5-3-2-4-6-18;1-2-4-12(5-3-1)6-9-14-10-7-13-8-11-14;1-8(13)9-3-4-11-10(7-9)5-6-12(11)2;1-11-5-4-7-6-8(10(12)13)2-3-9(7)11;1-7(12)8-2-3-10-9(6-8)4-5-11-10;1-2;;/h2-8,10-11,17H,9,12-16H2,1H3;1-5,13H,6-11H2;3-7H,1-2H3;2-6H,1H3,(H,12,13);2-6,11H,1H3;1H3;;1H2/q;;;;;;+1;/p-1. The summed E-state index contributed by atoms with van der Waals surface area (Å²) in [6, 6.07) is 51.8. The Balaban J connectivity index is 0.000000192. The van der Waals surface area contributed by atoms with Crippen molar-refractivity contribution in [3.05, 3.63) is 216 Å². The summed E-state index contributed by atoms with van der Waals surface area (Å²) in [7, 11) is 5.96. The number of carboxylic acid groups (broad SMARTS) is 1. The average Bonchev–Trinajstić information content (AvgIpc) is 4.52. The monoisotopic (exact) mass is 1230 g/mol. The number of hydrogen-bond donors (Lipinski definition) is 3. The largest absolute Gasteiger partial charge is 1.00 e. The number of aromatic carboxylic acids is 1. The number of aromatic amines is 1. The number of ketones is 2. The van der Waals surface area contributed by atoms with Crippen molar-refractivity contribution in [2.75, 3.05) is 70.4 Å². The molecule has 12 rings (SSSR count). The van der Waals surface area contributed by atoms with Crippen LogP contribution in [-0.4, -0.2) is 138 Å². The zero-order valence-corrected chi connectivity index (χ0v) is 52.6. The van der Waals surface area contributed by atoms with E-state index in [2.05, 4.69) is 114 Å². The van der Waals surface area contributed by atoms with E-state index in [1.807, 2.05) is 144 Å². The van der Waals surface area contributed by atoms with Crippen molar-refractivity contribution < 1.29 is 59.3 Å². The van der Waals surface area contributed by atoms with E-state index in [1.54, 1.807) is 26.0 Å². The number of halogens is 1. The number of amides is 1. The zero-order chi connectivity index (χ0) is 57.0. The number of nitrogens with one attached hydrogen (secondary N) is 2. The van der Waals surface area contributed by atoms with Crippen LogP contribution in [0, 0.1) is 0 Å². The fourth-order valence-electron chi connectivity index (χ4n) is 9.76. The molecule has 82 heavy (non-hydrogen) atoms. The minimum Gasteiger partial charge on any atom is -0.870 e. The van der Waals surface area contributed by atoms with Crippen molar-refractivity contribution in [1.29, 1.82) is 0 Å². The number of rotatable bonds is 10. The topological polar surface area (TPSA) is 171 Å². The van der Waals surface area contributed by atoms with Crippen LogP contribution in [-0.2, 0) is 34.0 Å². The number of fused-ring (bicyclic) bond motifs is 4. The van der Waals surface area contributed by atoms with Gasteiger partial charge in [0.15, 0.2) is 11.6 Å². The van der Waals surface area contributed by atoms with Gasteiger partial charge in [-0.15, -0.1) is 0 Å². The Labute approximate surface area is 517 Å². The third-order valence-corrected chi connectivity index (χ3v) is 14.5. The maximum absolute atomic E-state index is 12.8. The van der Waals surface area contributed by atoms with Gasteiger partial charge in [-0.1, -0.05) is 83.3 Å². The summed E-state index contributed by atoms with van der Waals surface area (Å²) in [5.41, 5.74) is 9.93. The fraction of sp³-hybridized carbons (Fsp3) is 0.273. The molecule has 6 heterocycles. The second kappa shape index (κ2) is 33.4. The smallest absolute Gasteiger partial charge is 0.870 e. The van der Waals surface area contributed by atoms with Crippen molar-refractivity contribution in [1.82, 2.24) is 38.7 Å². The van der Waals surface area contributed by atoms with E-state index in [0.29, 0.717) is 5.56 Å². The molecule has 4 aromatic heterocycles. The van der Waals surface area contributed by atoms with E-state index < -0.39 is 5.97 Å². The van der Waals surface area contributed by atoms with Crippen molar-refractivity contribution >= 4 is 89.6 Å². The Morgan fingerprint density at radius 1 is 0.488 bits per heavy atom. The van der Waals surface area contributed by atoms with Crippen molar-refractivity contribution in [2.45, 2.75) is 26.7 Å². The number of benzene rings is 6. The maximum Gasteiger partial charge on any atom is 1.00 e. The van der Waals surface area contributed by atoms with Crippen LogP contribution in [0.2, 0.25) is 0 Å². The molecule has 0 radical (unpaired) electrons. The van der Waals surface area contributed by atoms with Crippen LogP contribution in [0.5, 0.6) is 0 Å². The normalized spacial score (nSPS) is 13.0. The van der Waals surface area contributed by atoms with Gasteiger partial charge in [0.05, 0.1) is 5.56 Å². The van der Waals surface area contributed by atoms with E-state index in [1.165, 1.54) is 37.2 Å². The first kappa shape index (κ1) is 66.1. The van der Waals surface area contributed by atoms with Gasteiger partial charge in [-0.25, -0.2) is 4.79 Å². The van der Waals surface area contributed by atoms with Gasteiger partial charge in [0.1, 0.15) is 0 Å². The van der Waals surface area contributed by atoms with Gasteiger partial charge in [0.25, 0.3) is 5.91 Å². The molecule has 0 aliphatic carbocycles. The number of carboxylic acids is 1. The zero-order valence-electron chi connectivity index (χ0n) is 48.4. The third-order valence-electron chi connectivity index (χ3n) is 14.5. The quantitative estimate of drug-likeness (QED) is 0.0524. The molecule has 14 nitrogen and oxygen atoms in total. The molecule has 0 spiro atoms. The first-order valence-corrected chi connectivity index (χ1v) is 29.3. The van der Waals surface area contributed by atoms with E-state index in [0.717, 1.165) is 113 Å². The van der Waals surface area contributed by atoms with E-state index in [9.17, 15) is 19.2 Å². The van der Waals surface area contributed by atoms with Crippen LogP contribution >= 0.6 is 22.6 Å².